The lowest BCUT2D eigenvalue weighted by atomic mass is 10.0. The monoisotopic (exact) mass is 419 g/mol. The van der Waals surface area contributed by atoms with E-state index in [2.05, 4.69) is 15.5 Å². The SMILES string of the molecule is O=C(NCc1ccc(Cl)cc1)C(=O)NC[C@@H](c1ccc(F)cc1)N1CCOCC1. The van der Waals surface area contributed by atoms with Crippen LogP contribution >= 0.6 is 11.6 Å². The lowest BCUT2D eigenvalue weighted by molar-refractivity contribution is -0.139. The third-order valence-electron chi connectivity index (χ3n) is 4.77. The first-order chi connectivity index (χ1) is 14.0. The average molecular weight is 420 g/mol. The summed E-state index contributed by atoms with van der Waals surface area (Å²) in [7, 11) is 0. The summed E-state index contributed by atoms with van der Waals surface area (Å²) in [5, 5.41) is 5.89. The summed E-state index contributed by atoms with van der Waals surface area (Å²) < 4.78 is 18.7. The first kappa shape index (κ1) is 21.2. The molecule has 2 aromatic rings. The number of carbonyl (C=O) groups is 2. The largest absolute Gasteiger partial charge is 0.379 e. The highest BCUT2D eigenvalue weighted by Crippen LogP contribution is 2.21. The standard InChI is InChI=1S/C21H23ClFN3O3/c22-17-5-1-15(2-6-17)13-24-20(27)21(28)25-14-19(26-9-11-29-12-10-26)16-3-7-18(23)8-4-16/h1-8,19H,9-14H2,(H,24,27)(H,25,28)/t19-/m0/s1. The highest BCUT2D eigenvalue weighted by molar-refractivity contribution is 6.35. The highest BCUT2D eigenvalue weighted by Gasteiger charge is 2.24. The number of morpholine rings is 1. The van der Waals surface area contributed by atoms with Gasteiger partial charge in [-0.05, 0) is 35.4 Å². The van der Waals surface area contributed by atoms with Gasteiger partial charge in [0.15, 0.2) is 0 Å². The third-order valence-corrected chi connectivity index (χ3v) is 5.02. The number of rotatable bonds is 6. The molecular formula is C21H23ClFN3O3. The molecule has 1 aliphatic heterocycles. The van der Waals surface area contributed by atoms with Crippen LogP contribution in [0.3, 0.4) is 0 Å². The van der Waals surface area contributed by atoms with Crippen molar-refractivity contribution >= 4 is 23.4 Å². The topological polar surface area (TPSA) is 70.7 Å². The first-order valence-corrected chi connectivity index (χ1v) is 9.78. The van der Waals surface area contributed by atoms with E-state index in [4.69, 9.17) is 16.3 Å². The summed E-state index contributed by atoms with van der Waals surface area (Å²) in [4.78, 5) is 26.5. The molecule has 29 heavy (non-hydrogen) atoms. The number of carbonyl (C=O) groups excluding carboxylic acids is 2. The molecule has 2 N–H and O–H groups in total. The lowest BCUT2D eigenvalue weighted by Gasteiger charge is -2.34. The Bertz CT molecular complexity index is 824. The molecule has 2 aromatic carbocycles. The fourth-order valence-corrected chi connectivity index (χ4v) is 3.29. The van der Waals surface area contributed by atoms with Gasteiger partial charge in [0.25, 0.3) is 0 Å². The number of benzene rings is 2. The maximum absolute atomic E-state index is 13.3. The second-order valence-electron chi connectivity index (χ2n) is 6.73. The Balaban J connectivity index is 1.57. The van der Waals surface area contributed by atoms with Crippen LogP contribution in [0.2, 0.25) is 5.02 Å². The maximum Gasteiger partial charge on any atom is 0.309 e. The Morgan fingerprint density at radius 3 is 2.28 bits per heavy atom. The lowest BCUT2D eigenvalue weighted by Crippen LogP contribution is -2.46. The van der Waals surface area contributed by atoms with Crippen molar-refractivity contribution in [3.8, 4) is 0 Å². The van der Waals surface area contributed by atoms with Crippen molar-refractivity contribution in [2.24, 2.45) is 0 Å². The molecule has 1 saturated heterocycles. The molecule has 1 aliphatic rings. The zero-order chi connectivity index (χ0) is 20.6. The zero-order valence-corrected chi connectivity index (χ0v) is 16.6. The van der Waals surface area contributed by atoms with E-state index in [9.17, 15) is 14.0 Å². The van der Waals surface area contributed by atoms with Gasteiger partial charge in [-0.2, -0.15) is 0 Å². The molecular weight excluding hydrogens is 397 g/mol. The van der Waals surface area contributed by atoms with Gasteiger partial charge in [0.1, 0.15) is 5.82 Å². The number of nitrogens with one attached hydrogen (secondary N) is 2. The molecule has 3 rings (SSSR count). The molecule has 0 aromatic heterocycles. The van der Waals surface area contributed by atoms with Crippen LogP contribution in [0.25, 0.3) is 0 Å². The van der Waals surface area contributed by atoms with Gasteiger partial charge in [-0.3, -0.25) is 14.5 Å². The molecule has 8 heteroatoms. The van der Waals surface area contributed by atoms with Crippen molar-refractivity contribution in [1.29, 1.82) is 0 Å². The minimum Gasteiger partial charge on any atom is -0.379 e. The van der Waals surface area contributed by atoms with E-state index in [0.717, 1.165) is 11.1 Å². The summed E-state index contributed by atoms with van der Waals surface area (Å²) in [6.07, 6.45) is 0. The third kappa shape index (κ3) is 6.25. The minimum atomic E-state index is -0.709. The highest BCUT2D eigenvalue weighted by atomic mass is 35.5. The molecule has 1 heterocycles. The van der Waals surface area contributed by atoms with Gasteiger partial charge >= 0.3 is 11.8 Å². The molecule has 0 aliphatic carbocycles. The fraction of sp³-hybridized carbons (Fsp3) is 0.333. The fourth-order valence-electron chi connectivity index (χ4n) is 3.17. The Morgan fingerprint density at radius 2 is 1.62 bits per heavy atom. The van der Waals surface area contributed by atoms with Crippen molar-refractivity contribution in [3.05, 3.63) is 70.5 Å². The normalized spacial score (nSPS) is 15.5. The second kappa shape index (κ2) is 10.3. The number of nitrogens with zero attached hydrogens (tertiary/aromatic N) is 1. The van der Waals surface area contributed by atoms with Crippen molar-refractivity contribution in [2.75, 3.05) is 32.8 Å². The van der Waals surface area contributed by atoms with Crippen LogP contribution in [-0.2, 0) is 20.9 Å². The molecule has 0 spiro atoms. The van der Waals surface area contributed by atoms with E-state index >= 15 is 0 Å². The predicted octanol–water partition coefficient (Wildman–Crippen LogP) is 2.29. The van der Waals surface area contributed by atoms with Gasteiger partial charge in [-0.25, -0.2) is 4.39 Å². The van der Waals surface area contributed by atoms with E-state index in [1.54, 1.807) is 36.4 Å². The molecule has 0 unspecified atom stereocenters. The number of hydrogen-bond donors (Lipinski definition) is 2. The number of hydrogen-bond acceptors (Lipinski definition) is 4. The molecule has 2 amide bonds. The Labute approximate surface area is 174 Å². The molecule has 6 nitrogen and oxygen atoms in total. The van der Waals surface area contributed by atoms with Crippen molar-refractivity contribution in [3.63, 3.8) is 0 Å². The summed E-state index contributed by atoms with van der Waals surface area (Å²) in [6.45, 7) is 3.04. The molecule has 1 fully saturated rings. The van der Waals surface area contributed by atoms with Crippen molar-refractivity contribution < 1.29 is 18.7 Å². The van der Waals surface area contributed by atoms with Gasteiger partial charge in [0, 0.05) is 31.2 Å². The van der Waals surface area contributed by atoms with E-state index in [1.165, 1.54) is 12.1 Å². The Hall–Kier alpha value is -2.48. The summed E-state index contributed by atoms with van der Waals surface area (Å²) in [5.74, 6) is -1.74. The van der Waals surface area contributed by atoms with Crippen LogP contribution < -0.4 is 10.6 Å². The van der Waals surface area contributed by atoms with E-state index in [-0.39, 0.29) is 24.9 Å². The van der Waals surface area contributed by atoms with Crippen LogP contribution in [0.4, 0.5) is 4.39 Å². The van der Waals surface area contributed by atoms with Crippen LogP contribution in [-0.4, -0.2) is 49.6 Å². The zero-order valence-electron chi connectivity index (χ0n) is 15.9. The summed E-state index contributed by atoms with van der Waals surface area (Å²) >= 11 is 5.83. The number of halogens is 2. The summed E-state index contributed by atoms with van der Waals surface area (Å²) in [6, 6.07) is 13.0. The van der Waals surface area contributed by atoms with Gasteiger partial charge in [0.2, 0.25) is 0 Å². The average Bonchev–Trinajstić information content (AvgIpc) is 2.75. The molecule has 1 atom stereocenters. The smallest absolute Gasteiger partial charge is 0.309 e. The van der Waals surface area contributed by atoms with Crippen molar-refractivity contribution in [1.82, 2.24) is 15.5 Å². The van der Waals surface area contributed by atoms with E-state index < -0.39 is 11.8 Å². The maximum atomic E-state index is 13.3. The van der Waals surface area contributed by atoms with Gasteiger partial charge in [-0.1, -0.05) is 35.9 Å². The Kier molecular flexibility index (Phi) is 7.57. The van der Waals surface area contributed by atoms with Crippen LogP contribution in [0.1, 0.15) is 17.2 Å². The molecule has 154 valence electrons. The first-order valence-electron chi connectivity index (χ1n) is 9.40. The van der Waals surface area contributed by atoms with E-state index in [1.807, 2.05) is 0 Å². The van der Waals surface area contributed by atoms with Crippen LogP contribution in [0.5, 0.6) is 0 Å². The van der Waals surface area contributed by atoms with Crippen LogP contribution in [0, 0.1) is 5.82 Å². The van der Waals surface area contributed by atoms with E-state index in [0.29, 0.717) is 31.3 Å². The van der Waals surface area contributed by atoms with Crippen LogP contribution in [0.15, 0.2) is 48.5 Å². The molecule has 0 bridgehead atoms. The van der Waals surface area contributed by atoms with Gasteiger partial charge in [-0.15, -0.1) is 0 Å². The minimum absolute atomic E-state index is 0.174. The second-order valence-corrected chi connectivity index (χ2v) is 7.17. The number of amides is 2. The predicted molar refractivity (Wildman–Crippen MR) is 108 cm³/mol. The molecule has 0 radical (unpaired) electrons. The molecule has 0 saturated carbocycles. The quantitative estimate of drug-likeness (QED) is 0.705. The summed E-state index contributed by atoms with van der Waals surface area (Å²) in [5.41, 5.74) is 1.71. The van der Waals surface area contributed by atoms with Gasteiger partial charge < -0.3 is 15.4 Å². The number of ether oxygens (including phenoxy) is 1. The Morgan fingerprint density at radius 1 is 1.00 bits per heavy atom. The van der Waals surface area contributed by atoms with Gasteiger partial charge in [0.05, 0.1) is 19.3 Å². The van der Waals surface area contributed by atoms with Crippen molar-refractivity contribution in [2.45, 2.75) is 12.6 Å².